The van der Waals surface area contributed by atoms with Crippen molar-refractivity contribution in [1.82, 2.24) is 29.9 Å². The highest BCUT2D eigenvalue weighted by atomic mass is 32.1. The second-order valence-electron chi connectivity index (χ2n) is 7.54. The molecule has 0 radical (unpaired) electrons. The number of fused-ring (bicyclic) bond motifs is 2. The van der Waals surface area contributed by atoms with Gasteiger partial charge in [-0.2, -0.15) is 0 Å². The molecule has 0 saturated heterocycles. The molecule has 1 aromatic carbocycles. The van der Waals surface area contributed by atoms with E-state index < -0.39 is 0 Å². The average molecular weight is 449 g/mol. The summed E-state index contributed by atoms with van der Waals surface area (Å²) in [5, 5.41) is 1.92. The van der Waals surface area contributed by atoms with Crippen molar-refractivity contribution in [2.24, 2.45) is 0 Å². The first-order chi connectivity index (χ1) is 16.2. The second kappa shape index (κ2) is 7.68. The standard InChI is InChI=1S/C25H16N6OS/c1-14-28-13-20(33-14)22-21(17-4-5-19-16(11-17)3-2-8-27-19)30-23-24(32)18(12-29-25(23)31-22)15-6-9-26-10-7-15/h2-13H,1H3,(H,29,31,32). The number of aryl methyl sites for hydroxylation is 1. The molecule has 0 aliphatic carbocycles. The molecular weight excluding hydrogens is 432 g/mol. The number of pyridine rings is 3. The van der Waals surface area contributed by atoms with Gasteiger partial charge in [-0.1, -0.05) is 12.1 Å². The van der Waals surface area contributed by atoms with E-state index in [1.165, 1.54) is 0 Å². The van der Waals surface area contributed by atoms with Crippen molar-refractivity contribution in [2.45, 2.75) is 6.92 Å². The summed E-state index contributed by atoms with van der Waals surface area (Å²) in [5.41, 5.74) is 4.91. The van der Waals surface area contributed by atoms with Crippen LogP contribution in [0.25, 0.3) is 55.0 Å². The molecule has 0 fully saturated rings. The molecule has 0 spiro atoms. The van der Waals surface area contributed by atoms with E-state index in [1.807, 2.05) is 37.3 Å². The Bertz CT molecular complexity index is 1710. The van der Waals surface area contributed by atoms with E-state index in [1.54, 1.807) is 54.5 Å². The van der Waals surface area contributed by atoms with E-state index in [2.05, 4.69) is 19.9 Å². The lowest BCUT2D eigenvalue weighted by molar-refractivity contribution is 1.21. The number of hydrogen-bond donors (Lipinski definition) is 1. The number of hydrogen-bond acceptors (Lipinski definition) is 7. The van der Waals surface area contributed by atoms with E-state index in [9.17, 15) is 4.79 Å². The van der Waals surface area contributed by atoms with Crippen LogP contribution in [0.1, 0.15) is 5.01 Å². The van der Waals surface area contributed by atoms with Crippen molar-refractivity contribution in [2.75, 3.05) is 0 Å². The van der Waals surface area contributed by atoms with Gasteiger partial charge in [0.2, 0.25) is 5.43 Å². The van der Waals surface area contributed by atoms with E-state index in [0.29, 0.717) is 22.6 Å². The van der Waals surface area contributed by atoms with Crippen LogP contribution in [0, 0.1) is 6.92 Å². The highest BCUT2D eigenvalue weighted by Gasteiger charge is 2.18. The van der Waals surface area contributed by atoms with Crippen LogP contribution in [0.2, 0.25) is 0 Å². The number of H-pyrrole nitrogens is 1. The second-order valence-corrected chi connectivity index (χ2v) is 8.77. The fourth-order valence-corrected chi connectivity index (χ4v) is 4.61. The number of aromatic nitrogens is 6. The molecule has 0 amide bonds. The summed E-state index contributed by atoms with van der Waals surface area (Å²) in [4.78, 5) is 40.0. The molecule has 0 unspecified atom stereocenters. The molecule has 0 saturated carbocycles. The normalized spacial score (nSPS) is 11.3. The van der Waals surface area contributed by atoms with Crippen LogP contribution in [-0.4, -0.2) is 29.9 Å². The Morgan fingerprint density at radius 3 is 2.61 bits per heavy atom. The van der Waals surface area contributed by atoms with Crippen molar-refractivity contribution in [3.8, 4) is 33.0 Å². The zero-order valence-corrected chi connectivity index (χ0v) is 18.3. The monoisotopic (exact) mass is 448 g/mol. The van der Waals surface area contributed by atoms with Gasteiger partial charge in [0.25, 0.3) is 0 Å². The zero-order chi connectivity index (χ0) is 22.4. The summed E-state index contributed by atoms with van der Waals surface area (Å²) >= 11 is 1.54. The van der Waals surface area contributed by atoms with Gasteiger partial charge in [-0.05, 0) is 42.8 Å². The topological polar surface area (TPSA) is 97.3 Å². The quantitative estimate of drug-likeness (QED) is 0.408. The van der Waals surface area contributed by atoms with Crippen molar-refractivity contribution in [1.29, 1.82) is 0 Å². The number of aromatic amines is 1. The van der Waals surface area contributed by atoms with Gasteiger partial charge in [-0.25, -0.2) is 15.0 Å². The molecule has 0 aliphatic rings. The van der Waals surface area contributed by atoms with Gasteiger partial charge in [0, 0.05) is 47.5 Å². The van der Waals surface area contributed by atoms with E-state index in [4.69, 9.17) is 9.97 Å². The number of benzene rings is 1. The van der Waals surface area contributed by atoms with Crippen LogP contribution in [0.5, 0.6) is 0 Å². The van der Waals surface area contributed by atoms with Gasteiger partial charge < -0.3 is 4.98 Å². The molecule has 158 valence electrons. The Labute approximate surface area is 191 Å². The van der Waals surface area contributed by atoms with Crippen LogP contribution in [-0.2, 0) is 0 Å². The Hall–Kier alpha value is -4.30. The van der Waals surface area contributed by atoms with E-state index >= 15 is 0 Å². The van der Waals surface area contributed by atoms with Crippen LogP contribution in [0.4, 0.5) is 0 Å². The molecule has 0 aliphatic heterocycles. The fraction of sp³-hybridized carbons (Fsp3) is 0.0400. The maximum absolute atomic E-state index is 13.4. The number of nitrogens with zero attached hydrogens (tertiary/aromatic N) is 5. The highest BCUT2D eigenvalue weighted by Crippen LogP contribution is 2.34. The van der Waals surface area contributed by atoms with E-state index in [-0.39, 0.29) is 10.9 Å². The molecule has 6 aromatic rings. The summed E-state index contributed by atoms with van der Waals surface area (Å²) in [7, 11) is 0. The first-order valence-corrected chi connectivity index (χ1v) is 11.1. The van der Waals surface area contributed by atoms with Crippen LogP contribution >= 0.6 is 11.3 Å². The third-order valence-corrected chi connectivity index (χ3v) is 6.35. The molecule has 0 bridgehead atoms. The number of nitrogens with one attached hydrogen (secondary N) is 1. The Morgan fingerprint density at radius 2 is 1.79 bits per heavy atom. The maximum atomic E-state index is 13.4. The fourth-order valence-electron chi connectivity index (χ4n) is 3.84. The van der Waals surface area contributed by atoms with E-state index in [0.717, 1.165) is 31.9 Å². The number of rotatable bonds is 3. The largest absolute Gasteiger partial charge is 0.344 e. The first kappa shape index (κ1) is 19.4. The molecule has 1 N–H and O–H groups in total. The van der Waals surface area contributed by atoms with Gasteiger partial charge in [-0.15, -0.1) is 11.3 Å². The third kappa shape index (κ3) is 3.37. The van der Waals surface area contributed by atoms with Crippen molar-refractivity contribution < 1.29 is 0 Å². The lowest BCUT2D eigenvalue weighted by Crippen LogP contribution is -2.10. The molecule has 8 heteroatoms. The SMILES string of the molecule is Cc1ncc(-c2nc3[nH]cc(-c4ccncc4)c(=O)c3nc2-c2ccc3ncccc3c2)s1. The Morgan fingerprint density at radius 1 is 0.909 bits per heavy atom. The van der Waals surface area contributed by atoms with Crippen LogP contribution < -0.4 is 5.43 Å². The van der Waals surface area contributed by atoms with Gasteiger partial charge in [0.15, 0.2) is 11.2 Å². The highest BCUT2D eigenvalue weighted by molar-refractivity contribution is 7.15. The summed E-state index contributed by atoms with van der Waals surface area (Å²) < 4.78 is 0. The van der Waals surface area contributed by atoms with Gasteiger partial charge in [0.1, 0.15) is 5.69 Å². The molecule has 5 aromatic heterocycles. The lowest BCUT2D eigenvalue weighted by atomic mass is 10.0. The lowest BCUT2D eigenvalue weighted by Gasteiger charge is -2.10. The minimum Gasteiger partial charge on any atom is -0.344 e. The Kier molecular flexibility index (Phi) is 4.51. The van der Waals surface area contributed by atoms with Crippen molar-refractivity contribution in [3.63, 3.8) is 0 Å². The molecule has 5 heterocycles. The van der Waals surface area contributed by atoms with Gasteiger partial charge in [0.05, 0.1) is 21.1 Å². The van der Waals surface area contributed by atoms with Crippen molar-refractivity contribution in [3.05, 3.63) is 88.7 Å². The smallest absolute Gasteiger partial charge is 0.217 e. The van der Waals surface area contributed by atoms with Crippen LogP contribution in [0.15, 0.2) is 78.2 Å². The summed E-state index contributed by atoms with van der Waals surface area (Å²) in [5.74, 6) is 0. The molecular formula is C25H16N6OS. The average Bonchev–Trinajstić information content (AvgIpc) is 3.30. The minimum atomic E-state index is -0.182. The predicted molar refractivity (Wildman–Crippen MR) is 130 cm³/mol. The molecule has 0 atom stereocenters. The van der Waals surface area contributed by atoms with Gasteiger partial charge >= 0.3 is 0 Å². The number of thiazole rings is 1. The van der Waals surface area contributed by atoms with Crippen LogP contribution in [0.3, 0.4) is 0 Å². The minimum absolute atomic E-state index is 0.182. The zero-order valence-electron chi connectivity index (χ0n) is 17.5. The van der Waals surface area contributed by atoms with Crippen molar-refractivity contribution >= 4 is 33.4 Å². The van der Waals surface area contributed by atoms with Gasteiger partial charge in [-0.3, -0.25) is 14.8 Å². The maximum Gasteiger partial charge on any atom is 0.217 e. The summed E-state index contributed by atoms with van der Waals surface area (Å²) in [6, 6.07) is 13.4. The molecule has 6 rings (SSSR count). The predicted octanol–water partition coefficient (Wildman–Crippen LogP) is 5.03. The summed E-state index contributed by atoms with van der Waals surface area (Å²) in [6.07, 6.45) is 8.56. The molecule has 33 heavy (non-hydrogen) atoms. The third-order valence-electron chi connectivity index (χ3n) is 5.43. The molecule has 7 nitrogen and oxygen atoms in total. The summed E-state index contributed by atoms with van der Waals surface area (Å²) in [6.45, 7) is 1.95. The Balaban J connectivity index is 1.65. The first-order valence-electron chi connectivity index (χ1n) is 10.3.